The van der Waals surface area contributed by atoms with Gasteiger partial charge in [0, 0.05) is 6.54 Å². The number of likely N-dealkylation sites (tertiary alicyclic amines) is 1. The van der Waals surface area contributed by atoms with Gasteiger partial charge in [-0.15, -0.1) is 0 Å². The van der Waals surface area contributed by atoms with Crippen molar-refractivity contribution in [2.24, 2.45) is 5.92 Å². The predicted octanol–water partition coefficient (Wildman–Crippen LogP) is 1.56. The lowest BCUT2D eigenvalue weighted by molar-refractivity contribution is -0.144. The van der Waals surface area contributed by atoms with Gasteiger partial charge in [-0.1, -0.05) is 13.8 Å². The number of aliphatic carboxylic acids is 1. The van der Waals surface area contributed by atoms with Crippen molar-refractivity contribution < 1.29 is 9.90 Å². The quantitative estimate of drug-likeness (QED) is 0.711. The third-order valence-corrected chi connectivity index (χ3v) is 3.70. The highest BCUT2D eigenvalue weighted by Crippen LogP contribution is 2.18. The highest BCUT2D eigenvalue weighted by molar-refractivity contribution is 5.78. The minimum absolute atomic E-state index is 0.695. The van der Waals surface area contributed by atoms with E-state index in [1.165, 1.54) is 19.5 Å². The first kappa shape index (κ1) is 14.5. The fourth-order valence-corrected chi connectivity index (χ4v) is 2.55. The summed E-state index contributed by atoms with van der Waals surface area (Å²) in [5.41, 5.74) is -0.764. The van der Waals surface area contributed by atoms with Crippen LogP contribution in [0.25, 0.3) is 0 Å². The fraction of sp³-hybridized carbons (Fsp3) is 0.923. The van der Waals surface area contributed by atoms with Crippen LogP contribution in [0, 0.1) is 5.92 Å². The monoisotopic (exact) mass is 242 g/mol. The van der Waals surface area contributed by atoms with Crippen LogP contribution in [0.15, 0.2) is 0 Å². The molecule has 2 unspecified atom stereocenters. The number of carboxylic acid groups (broad SMARTS) is 1. The van der Waals surface area contributed by atoms with E-state index >= 15 is 0 Å². The van der Waals surface area contributed by atoms with Crippen LogP contribution in [0.2, 0.25) is 0 Å². The molecule has 2 atom stereocenters. The van der Waals surface area contributed by atoms with Gasteiger partial charge in [0.1, 0.15) is 5.54 Å². The average Bonchev–Trinajstić information content (AvgIpc) is 2.64. The van der Waals surface area contributed by atoms with Crippen LogP contribution in [-0.4, -0.2) is 47.7 Å². The molecule has 4 heteroatoms. The number of hydrogen-bond acceptors (Lipinski definition) is 3. The highest BCUT2D eigenvalue weighted by Gasteiger charge is 2.31. The fourth-order valence-electron chi connectivity index (χ4n) is 2.55. The second-order valence-corrected chi connectivity index (χ2v) is 5.47. The van der Waals surface area contributed by atoms with Gasteiger partial charge in [-0.25, -0.2) is 0 Å². The topological polar surface area (TPSA) is 52.6 Å². The van der Waals surface area contributed by atoms with Gasteiger partial charge in [-0.05, 0) is 51.7 Å². The van der Waals surface area contributed by atoms with E-state index in [-0.39, 0.29) is 0 Å². The van der Waals surface area contributed by atoms with Crippen molar-refractivity contribution in [1.29, 1.82) is 0 Å². The van der Waals surface area contributed by atoms with Crippen LogP contribution in [0.4, 0.5) is 0 Å². The lowest BCUT2D eigenvalue weighted by Crippen LogP contribution is -2.49. The van der Waals surface area contributed by atoms with E-state index in [0.717, 1.165) is 18.9 Å². The Kier molecular flexibility index (Phi) is 5.40. The first-order valence-electron chi connectivity index (χ1n) is 6.68. The molecule has 1 fully saturated rings. The molecule has 0 aromatic rings. The van der Waals surface area contributed by atoms with Crippen molar-refractivity contribution in [1.82, 2.24) is 10.2 Å². The molecule has 1 heterocycles. The molecule has 100 valence electrons. The summed E-state index contributed by atoms with van der Waals surface area (Å²) >= 11 is 0. The molecule has 0 spiro atoms. The first-order chi connectivity index (χ1) is 7.98. The van der Waals surface area contributed by atoms with Crippen molar-refractivity contribution in [2.45, 2.75) is 45.6 Å². The molecular formula is C13H26N2O2. The van der Waals surface area contributed by atoms with Gasteiger partial charge < -0.3 is 15.3 Å². The van der Waals surface area contributed by atoms with Gasteiger partial charge in [0.2, 0.25) is 0 Å². The zero-order chi connectivity index (χ0) is 12.9. The number of carbonyl (C=O) groups is 1. The summed E-state index contributed by atoms with van der Waals surface area (Å²) < 4.78 is 0. The Balaban J connectivity index is 2.30. The third-order valence-electron chi connectivity index (χ3n) is 3.70. The van der Waals surface area contributed by atoms with Crippen LogP contribution >= 0.6 is 0 Å². The van der Waals surface area contributed by atoms with Crippen molar-refractivity contribution in [2.75, 3.05) is 26.2 Å². The smallest absolute Gasteiger partial charge is 0.323 e. The van der Waals surface area contributed by atoms with Crippen LogP contribution in [0.3, 0.4) is 0 Å². The van der Waals surface area contributed by atoms with Crippen LogP contribution in [-0.2, 0) is 4.79 Å². The molecule has 2 N–H and O–H groups in total. The molecule has 0 bridgehead atoms. The van der Waals surface area contributed by atoms with Gasteiger partial charge in [0.05, 0.1) is 0 Å². The maximum Gasteiger partial charge on any atom is 0.323 e. The van der Waals surface area contributed by atoms with Crippen LogP contribution in [0.5, 0.6) is 0 Å². The van der Waals surface area contributed by atoms with E-state index in [4.69, 9.17) is 0 Å². The second kappa shape index (κ2) is 6.36. The van der Waals surface area contributed by atoms with Gasteiger partial charge in [0.25, 0.3) is 0 Å². The van der Waals surface area contributed by atoms with E-state index in [0.29, 0.717) is 13.0 Å². The Bertz CT molecular complexity index is 258. The molecule has 1 aliphatic heterocycles. The summed E-state index contributed by atoms with van der Waals surface area (Å²) in [6.07, 6.45) is 2.92. The Labute approximate surface area is 104 Å². The van der Waals surface area contributed by atoms with E-state index in [2.05, 4.69) is 17.1 Å². The summed E-state index contributed by atoms with van der Waals surface area (Å²) in [6.45, 7) is 10.1. The third kappa shape index (κ3) is 4.28. The molecule has 0 aliphatic carbocycles. The Hall–Kier alpha value is -0.610. The molecular weight excluding hydrogens is 216 g/mol. The Morgan fingerprint density at radius 1 is 1.59 bits per heavy atom. The normalized spacial score (nSPS) is 24.8. The Morgan fingerprint density at radius 2 is 2.29 bits per heavy atom. The molecule has 4 nitrogen and oxygen atoms in total. The molecule has 0 radical (unpaired) electrons. The predicted molar refractivity (Wildman–Crippen MR) is 69.2 cm³/mol. The van der Waals surface area contributed by atoms with Gasteiger partial charge >= 0.3 is 5.97 Å². The minimum atomic E-state index is -0.764. The summed E-state index contributed by atoms with van der Waals surface area (Å²) in [5, 5.41) is 12.3. The molecule has 1 aliphatic rings. The minimum Gasteiger partial charge on any atom is -0.480 e. The van der Waals surface area contributed by atoms with E-state index < -0.39 is 11.5 Å². The van der Waals surface area contributed by atoms with Crippen molar-refractivity contribution in [3.63, 3.8) is 0 Å². The SMILES string of the molecule is CCNC(C)(CCCN1CCC(C)C1)C(=O)O. The largest absolute Gasteiger partial charge is 0.480 e. The molecule has 0 amide bonds. The summed E-state index contributed by atoms with van der Waals surface area (Å²) in [4.78, 5) is 13.7. The lowest BCUT2D eigenvalue weighted by atomic mass is 9.96. The molecule has 0 aromatic heterocycles. The van der Waals surface area contributed by atoms with E-state index in [1.54, 1.807) is 6.92 Å². The molecule has 0 aromatic carbocycles. The molecule has 0 saturated carbocycles. The zero-order valence-electron chi connectivity index (χ0n) is 11.3. The average molecular weight is 242 g/mol. The number of nitrogens with one attached hydrogen (secondary N) is 1. The zero-order valence-corrected chi connectivity index (χ0v) is 11.3. The summed E-state index contributed by atoms with van der Waals surface area (Å²) in [6, 6.07) is 0. The number of likely N-dealkylation sites (N-methyl/N-ethyl adjacent to an activating group) is 1. The highest BCUT2D eigenvalue weighted by atomic mass is 16.4. The van der Waals surface area contributed by atoms with Crippen LogP contribution < -0.4 is 5.32 Å². The van der Waals surface area contributed by atoms with Gasteiger partial charge in [-0.2, -0.15) is 0 Å². The van der Waals surface area contributed by atoms with Crippen molar-refractivity contribution in [3.8, 4) is 0 Å². The number of hydrogen-bond donors (Lipinski definition) is 2. The molecule has 1 rings (SSSR count). The lowest BCUT2D eigenvalue weighted by Gasteiger charge is -2.26. The van der Waals surface area contributed by atoms with E-state index in [9.17, 15) is 9.90 Å². The van der Waals surface area contributed by atoms with Gasteiger partial charge in [-0.3, -0.25) is 4.79 Å². The first-order valence-corrected chi connectivity index (χ1v) is 6.68. The summed E-state index contributed by atoms with van der Waals surface area (Å²) in [5.74, 6) is 0.0590. The standard InChI is InChI=1S/C13H26N2O2/c1-4-14-13(3,12(16)17)7-5-8-15-9-6-11(2)10-15/h11,14H,4-10H2,1-3H3,(H,16,17). The van der Waals surface area contributed by atoms with E-state index in [1.807, 2.05) is 6.92 Å². The van der Waals surface area contributed by atoms with Crippen LogP contribution in [0.1, 0.15) is 40.0 Å². The van der Waals surface area contributed by atoms with Crippen molar-refractivity contribution in [3.05, 3.63) is 0 Å². The maximum absolute atomic E-state index is 11.2. The molecule has 17 heavy (non-hydrogen) atoms. The Morgan fingerprint density at radius 3 is 2.76 bits per heavy atom. The number of nitrogens with zero attached hydrogens (tertiary/aromatic N) is 1. The molecule has 1 saturated heterocycles. The maximum atomic E-state index is 11.2. The number of carboxylic acids is 1. The number of rotatable bonds is 7. The summed E-state index contributed by atoms with van der Waals surface area (Å²) in [7, 11) is 0. The van der Waals surface area contributed by atoms with Crippen molar-refractivity contribution >= 4 is 5.97 Å². The van der Waals surface area contributed by atoms with Gasteiger partial charge in [0.15, 0.2) is 0 Å². The second-order valence-electron chi connectivity index (χ2n) is 5.47.